The predicted octanol–water partition coefficient (Wildman–Crippen LogP) is 3.02. The molecule has 0 saturated heterocycles. The number of fused-ring (bicyclic) bond motifs is 1. The Morgan fingerprint density at radius 3 is 2.57 bits per heavy atom. The van der Waals surface area contributed by atoms with Crippen LogP contribution in [0.1, 0.15) is 36.8 Å². The lowest BCUT2D eigenvalue weighted by Gasteiger charge is -2.32. The molecule has 1 aliphatic heterocycles. The molecule has 112 valence electrons. The summed E-state index contributed by atoms with van der Waals surface area (Å²) in [5, 5.41) is 0. The fraction of sp³-hybridized carbons (Fsp3) is 0.611. The molecule has 21 heavy (non-hydrogen) atoms. The summed E-state index contributed by atoms with van der Waals surface area (Å²) in [6.07, 6.45) is 6.02. The van der Waals surface area contributed by atoms with Crippen LogP contribution in [0.3, 0.4) is 0 Å². The van der Waals surface area contributed by atoms with Crippen LogP contribution in [0.25, 0.3) is 0 Å². The molecule has 1 aromatic carbocycles. The molecule has 4 rings (SSSR count). The van der Waals surface area contributed by atoms with E-state index >= 15 is 0 Å². The van der Waals surface area contributed by atoms with Crippen LogP contribution >= 0.6 is 0 Å². The van der Waals surface area contributed by atoms with Gasteiger partial charge < -0.3 is 9.64 Å². The van der Waals surface area contributed by atoms with Crippen LogP contribution in [0.2, 0.25) is 0 Å². The molecule has 1 amide bonds. The number of hydrogen-bond acceptors (Lipinski definition) is 2. The lowest BCUT2D eigenvalue weighted by atomic mass is 9.93. The van der Waals surface area contributed by atoms with Crippen molar-refractivity contribution in [3.63, 3.8) is 0 Å². The molecular weight excluding hydrogens is 262 g/mol. The van der Waals surface area contributed by atoms with Crippen molar-refractivity contribution in [1.29, 1.82) is 0 Å². The Morgan fingerprint density at radius 2 is 1.95 bits per heavy atom. The molecule has 0 atom stereocenters. The summed E-state index contributed by atoms with van der Waals surface area (Å²) in [5.74, 6) is 3.03. The Morgan fingerprint density at radius 1 is 1.24 bits per heavy atom. The predicted molar refractivity (Wildman–Crippen MR) is 81.1 cm³/mol. The minimum Gasteiger partial charge on any atom is -0.496 e. The first-order chi connectivity index (χ1) is 10.3. The van der Waals surface area contributed by atoms with Crippen molar-refractivity contribution >= 4 is 5.91 Å². The van der Waals surface area contributed by atoms with E-state index in [2.05, 4.69) is 11.0 Å². The number of amides is 1. The highest BCUT2D eigenvalue weighted by Crippen LogP contribution is 2.50. The third-order valence-corrected chi connectivity index (χ3v) is 5.31. The first kappa shape index (κ1) is 13.2. The lowest BCUT2D eigenvalue weighted by Crippen LogP contribution is -2.41. The maximum atomic E-state index is 13.0. The first-order valence-corrected chi connectivity index (χ1v) is 8.21. The second-order valence-corrected chi connectivity index (χ2v) is 6.81. The Balaban J connectivity index is 1.55. The minimum atomic E-state index is 0.321. The second-order valence-electron chi connectivity index (χ2n) is 6.81. The van der Waals surface area contributed by atoms with Gasteiger partial charge in [-0.1, -0.05) is 12.1 Å². The van der Waals surface area contributed by atoms with Gasteiger partial charge in [-0.3, -0.25) is 4.79 Å². The van der Waals surface area contributed by atoms with Gasteiger partial charge in [-0.2, -0.15) is 0 Å². The van der Waals surface area contributed by atoms with Crippen molar-refractivity contribution in [3.05, 3.63) is 29.3 Å². The molecule has 1 aromatic rings. The summed E-state index contributed by atoms with van der Waals surface area (Å²) in [6, 6.07) is 6.22. The third-order valence-electron chi connectivity index (χ3n) is 5.31. The lowest BCUT2D eigenvalue weighted by molar-refractivity contribution is -0.138. The summed E-state index contributed by atoms with van der Waals surface area (Å²) in [5.41, 5.74) is 2.55. The maximum absolute atomic E-state index is 13.0. The van der Waals surface area contributed by atoms with E-state index in [9.17, 15) is 4.79 Å². The summed E-state index contributed by atoms with van der Waals surface area (Å²) in [4.78, 5) is 15.0. The Hall–Kier alpha value is -1.51. The first-order valence-electron chi connectivity index (χ1n) is 8.21. The van der Waals surface area contributed by atoms with Crippen LogP contribution in [0.15, 0.2) is 18.2 Å². The van der Waals surface area contributed by atoms with Crippen LogP contribution in [-0.2, 0) is 17.8 Å². The van der Waals surface area contributed by atoms with Crippen LogP contribution in [0, 0.1) is 17.8 Å². The average Bonchev–Trinajstić information content (AvgIpc) is 3.40. The Kier molecular flexibility index (Phi) is 3.16. The van der Waals surface area contributed by atoms with Gasteiger partial charge >= 0.3 is 0 Å². The Bertz CT molecular complexity index is 534. The maximum Gasteiger partial charge on any atom is 0.226 e. The van der Waals surface area contributed by atoms with E-state index in [4.69, 9.17) is 4.74 Å². The van der Waals surface area contributed by atoms with Crippen molar-refractivity contribution in [2.75, 3.05) is 13.7 Å². The highest BCUT2D eigenvalue weighted by atomic mass is 16.5. The van der Waals surface area contributed by atoms with Crippen LogP contribution in [0.5, 0.6) is 5.75 Å². The molecule has 0 spiro atoms. The van der Waals surface area contributed by atoms with E-state index in [-0.39, 0.29) is 0 Å². The number of methoxy groups -OCH3 is 1. The number of hydrogen-bond donors (Lipinski definition) is 0. The van der Waals surface area contributed by atoms with Gasteiger partial charge in [0.2, 0.25) is 5.91 Å². The SMILES string of the molecule is COc1cccc2c1CN(C(=O)C(C1CC1)C1CC1)CC2. The fourth-order valence-corrected chi connectivity index (χ4v) is 3.84. The summed E-state index contributed by atoms with van der Waals surface area (Å²) in [6.45, 7) is 1.60. The molecule has 3 aliphatic rings. The third kappa shape index (κ3) is 2.43. The van der Waals surface area contributed by atoms with Gasteiger partial charge in [-0.15, -0.1) is 0 Å². The van der Waals surface area contributed by atoms with E-state index in [0.717, 1.165) is 25.3 Å². The quantitative estimate of drug-likeness (QED) is 0.851. The Labute approximate surface area is 126 Å². The zero-order valence-corrected chi connectivity index (χ0v) is 12.7. The van der Waals surface area contributed by atoms with E-state index in [0.29, 0.717) is 23.7 Å². The molecule has 0 bridgehead atoms. The summed E-state index contributed by atoms with van der Waals surface area (Å²) < 4.78 is 5.48. The van der Waals surface area contributed by atoms with Crippen LogP contribution < -0.4 is 4.74 Å². The molecule has 3 nitrogen and oxygen atoms in total. The van der Waals surface area contributed by atoms with Gasteiger partial charge in [0, 0.05) is 24.6 Å². The van der Waals surface area contributed by atoms with Gasteiger partial charge in [0.05, 0.1) is 7.11 Å². The zero-order valence-electron chi connectivity index (χ0n) is 12.7. The molecule has 1 heterocycles. The van der Waals surface area contributed by atoms with E-state index in [1.54, 1.807) is 7.11 Å². The molecule has 0 N–H and O–H groups in total. The molecular formula is C18H23NO2. The highest BCUT2D eigenvalue weighted by Gasteiger charge is 2.47. The molecule has 0 unspecified atom stereocenters. The van der Waals surface area contributed by atoms with Crippen LogP contribution in [0.4, 0.5) is 0 Å². The fourth-order valence-electron chi connectivity index (χ4n) is 3.84. The van der Waals surface area contributed by atoms with Crippen molar-refractivity contribution < 1.29 is 9.53 Å². The van der Waals surface area contributed by atoms with Crippen molar-refractivity contribution in [3.8, 4) is 5.75 Å². The molecule has 0 radical (unpaired) electrons. The van der Waals surface area contributed by atoms with Gasteiger partial charge in [0.25, 0.3) is 0 Å². The monoisotopic (exact) mass is 285 g/mol. The molecule has 2 aliphatic carbocycles. The molecule has 0 aromatic heterocycles. The average molecular weight is 285 g/mol. The largest absolute Gasteiger partial charge is 0.496 e. The number of carbonyl (C=O) groups is 1. The van der Waals surface area contributed by atoms with Gasteiger partial charge in [0.15, 0.2) is 0 Å². The number of carbonyl (C=O) groups excluding carboxylic acids is 1. The van der Waals surface area contributed by atoms with Crippen molar-refractivity contribution in [2.24, 2.45) is 17.8 Å². The summed E-state index contributed by atoms with van der Waals surface area (Å²) >= 11 is 0. The number of nitrogens with zero attached hydrogens (tertiary/aromatic N) is 1. The number of rotatable bonds is 4. The smallest absolute Gasteiger partial charge is 0.226 e. The van der Waals surface area contributed by atoms with E-state index in [1.807, 2.05) is 12.1 Å². The number of benzene rings is 1. The van der Waals surface area contributed by atoms with Gasteiger partial charge in [-0.25, -0.2) is 0 Å². The zero-order chi connectivity index (χ0) is 14.4. The highest BCUT2D eigenvalue weighted by molar-refractivity contribution is 5.80. The normalized spacial score (nSPS) is 21.3. The van der Waals surface area contributed by atoms with Gasteiger partial charge in [0.1, 0.15) is 5.75 Å². The topological polar surface area (TPSA) is 29.5 Å². The molecule has 2 fully saturated rings. The van der Waals surface area contributed by atoms with E-state index in [1.165, 1.54) is 36.8 Å². The minimum absolute atomic E-state index is 0.321. The van der Waals surface area contributed by atoms with Crippen molar-refractivity contribution in [2.45, 2.75) is 38.6 Å². The van der Waals surface area contributed by atoms with Crippen molar-refractivity contribution in [1.82, 2.24) is 4.90 Å². The van der Waals surface area contributed by atoms with Crippen LogP contribution in [-0.4, -0.2) is 24.5 Å². The molecule has 2 saturated carbocycles. The standard InChI is InChI=1S/C18H23NO2/c1-21-16-4-2-3-12-9-10-19(11-15(12)16)18(20)17(13-5-6-13)14-7-8-14/h2-4,13-14,17H,5-11H2,1H3. The van der Waals surface area contributed by atoms with E-state index < -0.39 is 0 Å². The summed E-state index contributed by atoms with van der Waals surface area (Å²) in [7, 11) is 1.72. The second kappa shape index (κ2) is 5.04. The van der Waals surface area contributed by atoms with Gasteiger partial charge in [-0.05, 0) is 55.6 Å². The molecule has 3 heteroatoms. The number of ether oxygens (including phenoxy) is 1.